The fourth-order valence-corrected chi connectivity index (χ4v) is 3.48. The molecule has 0 spiro atoms. The molecule has 0 saturated carbocycles. The molecule has 1 aromatic rings. The zero-order valence-electron chi connectivity index (χ0n) is 15.0. The van der Waals surface area contributed by atoms with Crippen LogP contribution in [0.3, 0.4) is 0 Å². The van der Waals surface area contributed by atoms with E-state index < -0.39 is 23.9 Å². The third-order valence-electron chi connectivity index (χ3n) is 4.97. The van der Waals surface area contributed by atoms with Gasteiger partial charge in [0.1, 0.15) is 0 Å². The van der Waals surface area contributed by atoms with E-state index >= 15 is 0 Å². The van der Waals surface area contributed by atoms with Gasteiger partial charge in [-0.25, -0.2) is 0 Å². The maximum absolute atomic E-state index is 13.5. The first-order chi connectivity index (χ1) is 11.7. The van der Waals surface area contributed by atoms with Gasteiger partial charge >= 0.3 is 6.18 Å². The second kappa shape index (κ2) is 8.21. The summed E-state index contributed by atoms with van der Waals surface area (Å²) in [5, 5.41) is 2.83. The summed E-state index contributed by atoms with van der Waals surface area (Å²) < 4.78 is 40.4. The van der Waals surface area contributed by atoms with Crippen LogP contribution in [0.15, 0.2) is 30.3 Å². The first kappa shape index (κ1) is 19.8. The fraction of sp³-hybridized carbons (Fsp3) is 0.632. The van der Waals surface area contributed by atoms with Crippen LogP contribution in [0.5, 0.6) is 0 Å². The van der Waals surface area contributed by atoms with Crippen LogP contribution >= 0.6 is 0 Å². The lowest BCUT2D eigenvalue weighted by atomic mass is 9.93. The van der Waals surface area contributed by atoms with Crippen molar-refractivity contribution in [2.75, 3.05) is 13.1 Å². The van der Waals surface area contributed by atoms with E-state index in [9.17, 15) is 18.0 Å². The van der Waals surface area contributed by atoms with Crippen molar-refractivity contribution >= 4 is 5.91 Å². The van der Waals surface area contributed by atoms with E-state index in [0.717, 1.165) is 5.56 Å². The molecule has 0 radical (unpaired) electrons. The Bertz CT molecular complexity index is 560. The Balaban J connectivity index is 2.09. The summed E-state index contributed by atoms with van der Waals surface area (Å²) in [6.07, 6.45) is -3.66. The number of carbonyl (C=O) groups excluding carboxylic acids is 1. The van der Waals surface area contributed by atoms with Gasteiger partial charge in [0.05, 0.1) is 11.8 Å². The second-order valence-electron chi connectivity index (χ2n) is 7.20. The van der Waals surface area contributed by atoms with Crippen LogP contribution in [0.1, 0.15) is 32.8 Å². The number of hydrogen-bond donors (Lipinski definition) is 1. The van der Waals surface area contributed by atoms with Crippen molar-refractivity contribution in [1.29, 1.82) is 0 Å². The third-order valence-corrected chi connectivity index (χ3v) is 4.97. The molecule has 140 valence electrons. The van der Waals surface area contributed by atoms with Crippen LogP contribution in [-0.4, -0.2) is 36.1 Å². The number of hydrogen-bond acceptors (Lipinski definition) is 2. The van der Waals surface area contributed by atoms with Gasteiger partial charge < -0.3 is 5.32 Å². The Labute approximate surface area is 147 Å². The van der Waals surface area contributed by atoms with Crippen molar-refractivity contribution in [3.63, 3.8) is 0 Å². The van der Waals surface area contributed by atoms with Crippen molar-refractivity contribution < 1.29 is 18.0 Å². The topological polar surface area (TPSA) is 32.3 Å². The van der Waals surface area contributed by atoms with Gasteiger partial charge in [0, 0.05) is 25.7 Å². The molecule has 6 heteroatoms. The van der Waals surface area contributed by atoms with Gasteiger partial charge in [-0.1, -0.05) is 51.1 Å². The zero-order chi connectivity index (χ0) is 18.6. The summed E-state index contributed by atoms with van der Waals surface area (Å²) in [4.78, 5) is 14.3. The molecule has 2 rings (SSSR count). The molecular weight excluding hydrogens is 329 g/mol. The van der Waals surface area contributed by atoms with Crippen molar-refractivity contribution in [3.05, 3.63) is 35.9 Å². The molecule has 0 aromatic heterocycles. The lowest BCUT2D eigenvalue weighted by Crippen LogP contribution is -2.45. The number of alkyl halides is 3. The lowest BCUT2D eigenvalue weighted by molar-refractivity contribution is -0.183. The summed E-state index contributed by atoms with van der Waals surface area (Å²) >= 11 is 0. The lowest BCUT2D eigenvalue weighted by Gasteiger charge is -2.25. The highest BCUT2D eigenvalue weighted by molar-refractivity contribution is 5.80. The van der Waals surface area contributed by atoms with Crippen molar-refractivity contribution in [3.8, 4) is 0 Å². The Morgan fingerprint density at radius 3 is 2.40 bits per heavy atom. The molecule has 3 nitrogen and oxygen atoms in total. The van der Waals surface area contributed by atoms with Gasteiger partial charge in [-0.2, -0.15) is 13.2 Å². The number of nitrogens with zero attached hydrogens (tertiary/aromatic N) is 1. The summed E-state index contributed by atoms with van der Waals surface area (Å²) in [6.45, 7) is 6.30. The van der Waals surface area contributed by atoms with E-state index in [1.165, 1.54) is 0 Å². The molecule has 0 unspecified atom stereocenters. The first-order valence-electron chi connectivity index (χ1n) is 8.85. The van der Waals surface area contributed by atoms with Crippen LogP contribution in [0.2, 0.25) is 0 Å². The minimum atomic E-state index is -4.37. The minimum absolute atomic E-state index is 0.0930. The highest BCUT2D eigenvalue weighted by atomic mass is 19.4. The molecular formula is C19H27F3N2O. The van der Waals surface area contributed by atoms with Crippen LogP contribution in [-0.2, 0) is 11.3 Å². The molecule has 25 heavy (non-hydrogen) atoms. The van der Waals surface area contributed by atoms with Crippen molar-refractivity contribution in [1.82, 2.24) is 10.2 Å². The van der Waals surface area contributed by atoms with E-state index in [4.69, 9.17) is 0 Å². The molecule has 1 N–H and O–H groups in total. The maximum Gasteiger partial charge on any atom is 0.393 e. The summed E-state index contributed by atoms with van der Waals surface area (Å²) in [6, 6.07) is 9.30. The highest BCUT2D eigenvalue weighted by Gasteiger charge is 2.52. The molecule has 1 fully saturated rings. The van der Waals surface area contributed by atoms with E-state index in [-0.39, 0.29) is 25.0 Å². The summed E-state index contributed by atoms with van der Waals surface area (Å²) in [5.41, 5.74) is 0.957. The van der Waals surface area contributed by atoms with Gasteiger partial charge in [-0.05, 0) is 17.9 Å². The Morgan fingerprint density at radius 1 is 1.24 bits per heavy atom. The number of carbonyl (C=O) groups is 1. The van der Waals surface area contributed by atoms with Crippen LogP contribution in [0, 0.1) is 17.8 Å². The van der Waals surface area contributed by atoms with Crippen LogP contribution < -0.4 is 5.32 Å². The number of halogens is 3. The van der Waals surface area contributed by atoms with Crippen LogP contribution in [0.25, 0.3) is 0 Å². The minimum Gasteiger partial charge on any atom is -0.353 e. The number of rotatable bonds is 6. The van der Waals surface area contributed by atoms with Gasteiger partial charge in [0.2, 0.25) is 5.91 Å². The number of likely N-dealkylation sites (tertiary alicyclic amines) is 1. The Kier molecular flexibility index (Phi) is 6.49. The average molecular weight is 356 g/mol. The van der Waals surface area contributed by atoms with E-state index in [1.54, 1.807) is 4.90 Å². The second-order valence-corrected chi connectivity index (χ2v) is 7.20. The molecule has 1 amide bonds. The standard InChI is InChI=1S/C19H27F3N2O/c1-4-17(13(2)3)23-18(25)15-11-24(12-16(15)19(20,21)22)10-14-8-6-5-7-9-14/h5-9,13,15-17H,4,10-12H2,1-3H3,(H,23,25)/t15-,16-,17+/m1/s1. The largest absolute Gasteiger partial charge is 0.393 e. The predicted octanol–water partition coefficient (Wildman–Crippen LogP) is 3.85. The number of benzene rings is 1. The Morgan fingerprint density at radius 2 is 1.88 bits per heavy atom. The highest BCUT2D eigenvalue weighted by Crippen LogP contribution is 2.38. The summed E-state index contributed by atoms with van der Waals surface area (Å²) in [5.74, 6) is -2.93. The quantitative estimate of drug-likeness (QED) is 0.840. The molecule has 1 saturated heterocycles. The van der Waals surface area contributed by atoms with Crippen LogP contribution in [0.4, 0.5) is 13.2 Å². The normalized spacial score (nSPS) is 23.0. The SMILES string of the molecule is CC[C@H](NC(=O)[C@@H]1CN(Cc2ccccc2)C[C@H]1C(F)(F)F)C(C)C. The molecule has 0 aliphatic carbocycles. The summed E-state index contributed by atoms with van der Waals surface area (Å²) in [7, 11) is 0. The average Bonchev–Trinajstić information content (AvgIpc) is 2.97. The van der Waals surface area contributed by atoms with E-state index in [1.807, 2.05) is 51.1 Å². The van der Waals surface area contributed by atoms with Crippen molar-refractivity contribution in [2.45, 2.75) is 46.0 Å². The Hall–Kier alpha value is -1.56. The van der Waals surface area contributed by atoms with Gasteiger partial charge in [-0.3, -0.25) is 9.69 Å². The maximum atomic E-state index is 13.5. The predicted molar refractivity (Wildman–Crippen MR) is 91.8 cm³/mol. The first-order valence-corrected chi connectivity index (χ1v) is 8.85. The van der Waals surface area contributed by atoms with E-state index in [0.29, 0.717) is 13.0 Å². The molecule has 1 aliphatic rings. The van der Waals surface area contributed by atoms with Gasteiger partial charge in [0.25, 0.3) is 0 Å². The molecule has 1 aromatic carbocycles. The van der Waals surface area contributed by atoms with Gasteiger partial charge in [-0.15, -0.1) is 0 Å². The molecule has 0 bridgehead atoms. The molecule has 3 atom stereocenters. The van der Waals surface area contributed by atoms with Crippen molar-refractivity contribution in [2.24, 2.45) is 17.8 Å². The van der Waals surface area contributed by atoms with E-state index in [2.05, 4.69) is 5.32 Å². The monoisotopic (exact) mass is 356 g/mol. The molecule has 1 heterocycles. The smallest absolute Gasteiger partial charge is 0.353 e. The third kappa shape index (κ3) is 5.21. The van der Waals surface area contributed by atoms with Gasteiger partial charge in [0.15, 0.2) is 0 Å². The number of amides is 1. The zero-order valence-corrected chi connectivity index (χ0v) is 15.0. The number of nitrogens with one attached hydrogen (secondary N) is 1. The molecule has 1 aliphatic heterocycles. The fourth-order valence-electron chi connectivity index (χ4n) is 3.48.